The van der Waals surface area contributed by atoms with E-state index in [1.807, 2.05) is 0 Å². The van der Waals surface area contributed by atoms with Crippen LogP contribution in [0.25, 0.3) is 0 Å². The minimum Gasteiger partial charge on any atom is -0.465 e. The summed E-state index contributed by atoms with van der Waals surface area (Å²) in [6.45, 7) is 2.87. The van der Waals surface area contributed by atoms with Gasteiger partial charge in [-0.3, -0.25) is 9.69 Å². The molecule has 2 fully saturated rings. The van der Waals surface area contributed by atoms with Gasteiger partial charge in [0.2, 0.25) is 0 Å². The van der Waals surface area contributed by atoms with Gasteiger partial charge in [0.05, 0.1) is 0 Å². The number of carboxylic acid groups (broad SMARTS) is 1. The van der Waals surface area contributed by atoms with E-state index >= 15 is 0 Å². The smallest absolute Gasteiger partial charge is 0.407 e. The van der Waals surface area contributed by atoms with Crippen LogP contribution in [0.3, 0.4) is 0 Å². The first-order chi connectivity index (χ1) is 12.0. The third-order valence-electron chi connectivity index (χ3n) is 5.13. The third kappa shape index (κ3) is 4.48. The topological polar surface area (TPSA) is 72.9 Å². The number of likely N-dealkylation sites (tertiary alicyclic amines) is 2. The summed E-state index contributed by atoms with van der Waals surface area (Å²) in [6.07, 6.45) is 2.71. The molecule has 3 rings (SSSR count). The monoisotopic (exact) mass is 349 g/mol. The van der Waals surface area contributed by atoms with Crippen LogP contribution in [0.2, 0.25) is 0 Å². The van der Waals surface area contributed by atoms with E-state index in [1.54, 1.807) is 6.07 Å². The van der Waals surface area contributed by atoms with Crippen LogP contribution in [0.5, 0.6) is 0 Å². The van der Waals surface area contributed by atoms with Gasteiger partial charge < -0.3 is 15.3 Å². The van der Waals surface area contributed by atoms with E-state index in [0.717, 1.165) is 38.8 Å². The molecule has 0 aliphatic carbocycles. The summed E-state index contributed by atoms with van der Waals surface area (Å²) in [5.41, 5.74) is 0.340. The maximum Gasteiger partial charge on any atom is 0.407 e. The lowest BCUT2D eigenvalue weighted by atomic mass is 9.98. The molecule has 2 N–H and O–H groups in total. The van der Waals surface area contributed by atoms with Crippen LogP contribution in [0.15, 0.2) is 24.3 Å². The van der Waals surface area contributed by atoms with Gasteiger partial charge in [-0.1, -0.05) is 6.07 Å². The van der Waals surface area contributed by atoms with Gasteiger partial charge in [0.1, 0.15) is 5.82 Å². The van der Waals surface area contributed by atoms with Crippen molar-refractivity contribution < 1.29 is 19.1 Å². The van der Waals surface area contributed by atoms with Gasteiger partial charge in [-0.15, -0.1) is 0 Å². The first kappa shape index (κ1) is 17.7. The van der Waals surface area contributed by atoms with E-state index in [4.69, 9.17) is 5.11 Å². The second kappa shape index (κ2) is 7.82. The summed E-state index contributed by atoms with van der Waals surface area (Å²) in [4.78, 5) is 27.1. The van der Waals surface area contributed by atoms with Crippen molar-refractivity contribution in [1.29, 1.82) is 0 Å². The number of amides is 2. The molecule has 6 nitrogen and oxygen atoms in total. The molecule has 0 radical (unpaired) electrons. The van der Waals surface area contributed by atoms with Crippen molar-refractivity contribution in [3.05, 3.63) is 35.6 Å². The number of hydrogen-bond donors (Lipinski definition) is 2. The van der Waals surface area contributed by atoms with E-state index in [9.17, 15) is 14.0 Å². The molecule has 25 heavy (non-hydrogen) atoms. The fourth-order valence-electron chi connectivity index (χ4n) is 3.78. The number of nitrogens with one attached hydrogen (secondary N) is 1. The van der Waals surface area contributed by atoms with Crippen LogP contribution < -0.4 is 5.32 Å². The molecule has 136 valence electrons. The molecule has 2 aliphatic rings. The maximum absolute atomic E-state index is 13.3. The Morgan fingerprint density at radius 1 is 1.16 bits per heavy atom. The molecule has 1 unspecified atom stereocenters. The van der Waals surface area contributed by atoms with Gasteiger partial charge in [0.25, 0.3) is 5.91 Å². The molecule has 2 aliphatic heterocycles. The number of hydrogen-bond acceptors (Lipinski definition) is 3. The SMILES string of the molecule is O=C(NC1CCCN(C2CCN(C(=O)O)CC2)C1)c1cccc(F)c1. The summed E-state index contributed by atoms with van der Waals surface area (Å²) in [5.74, 6) is -0.657. The highest BCUT2D eigenvalue weighted by molar-refractivity contribution is 5.94. The third-order valence-corrected chi connectivity index (χ3v) is 5.13. The molecule has 2 amide bonds. The van der Waals surface area contributed by atoms with Crippen LogP contribution in [-0.2, 0) is 0 Å². The van der Waals surface area contributed by atoms with Crippen molar-refractivity contribution in [1.82, 2.24) is 15.1 Å². The summed E-state index contributed by atoms with van der Waals surface area (Å²) in [7, 11) is 0. The summed E-state index contributed by atoms with van der Waals surface area (Å²) >= 11 is 0. The zero-order valence-electron chi connectivity index (χ0n) is 14.2. The van der Waals surface area contributed by atoms with Gasteiger partial charge in [0.15, 0.2) is 0 Å². The zero-order valence-corrected chi connectivity index (χ0v) is 14.2. The second-order valence-electron chi connectivity index (χ2n) is 6.82. The molecule has 7 heteroatoms. The molecule has 0 saturated carbocycles. The molecule has 0 spiro atoms. The van der Waals surface area contributed by atoms with Crippen LogP contribution in [-0.4, -0.2) is 65.2 Å². The van der Waals surface area contributed by atoms with Gasteiger partial charge in [0, 0.05) is 37.3 Å². The quantitative estimate of drug-likeness (QED) is 0.877. The number of piperidine rings is 2. The molecule has 0 aromatic heterocycles. The minimum absolute atomic E-state index is 0.0435. The molecular weight excluding hydrogens is 325 g/mol. The second-order valence-corrected chi connectivity index (χ2v) is 6.82. The first-order valence-electron chi connectivity index (χ1n) is 8.81. The van der Waals surface area contributed by atoms with E-state index in [0.29, 0.717) is 24.7 Å². The highest BCUT2D eigenvalue weighted by Crippen LogP contribution is 2.21. The summed E-state index contributed by atoms with van der Waals surface area (Å²) in [5, 5.41) is 12.0. The van der Waals surface area contributed by atoms with Crippen molar-refractivity contribution in [2.24, 2.45) is 0 Å². The zero-order chi connectivity index (χ0) is 17.8. The fourth-order valence-corrected chi connectivity index (χ4v) is 3.78. The van der Waals surface area contributed by atoms with Gasteiger partial charge >= 0.3 is 6.09 Å². The molecular formula is C18H24FN3O3. The first-order valence-corrected chi connectivity index (χ1v) is 8.81. The van der Waals surface area contributed by atoms with Crippen molar-refractivity contribution in [2.75, 3.05) is 26.2 Å². The van der Waals surface area contributed by atoms with Gasteiger partial charge in [-0.25, -0.2) is 9.18 Å². The van der Waals surface area contributed by atoms with E-state index in [2.05, 4.69) is 10.2 Å². The van der Waals surface area contributed by atoms with Crippen LogP contribution in [0.4, 0.5) is 9.18 Å². The predicted octanol–water partition coefficient (Wildman–Crippen LogP) is 2.16. The van der Waals surface area contributed by atoms with E-state index in [1.165, 1.54) is 23.1 Å². The number of benzene rings is 1. The standard InChI is InChI=1S/C18H24FN3O3/c19-14-4-1-3-13(11-14)17(23)20-15-5-2-8-22(12-15)16-6-9-21(10-7-16)18(24)25/h1,3-4,11,15-16H,2,5-10,12H2,(H,20,23)(H,24,25). The van der Waals surface area contributed by atoms with Gasteiger partial charge in [-0.2, -0.15) is 0 Å². The summed E-state index contributed by atoms with van der Waals surface area (Å²) < 4.78 is 13.3. The number of halogens is 1. The predicted molar refractivity (Wildman–Crippen MR) is 91.1 cm³/mol. The van der Waals surface area contributed by atoms with Gasteiger partial charge in [-0.05, 0) is 50.4 Å². The number of carbonyl (C=O) groups excluding carboxylic acids is 1. The molecule has 1 atom stereocenters. The van der Waals surface area contributed by atoms with Crippen LogP contribution in [0, 0.1) is 5.82 Å². The Balaban J connectivity index is 1.53. The fraction of sp³-hybridized carbons (Fsp3) is 0.556. The number of nitrogens with zero attached hydrogens (tertiary/aromatic N) is 2. The molecule has 2 saturated heterocycles. The molecule has 0 bridgehead atoms. The highest BCUT2D eigenvalue weighted by Gasteiger charge is 2.30. The molecule has 2 heterocycles. The Hall–Kier alpha value is -2.15. The van der Waals surface area contributed by atoms with Crippen molar-refractivity contribution in [2.45, 2.75) is 37.8 Å². The Morgan fingerprint density at radius 3 is 2.60 bits per heavy atom. The van der Waals surface area contributed by atoms with Crippen LogP contribution >= 0.6 is 0 Å². The summed E-state index contributed by atoms with van der Waals surface area (Å²) in [6, 6.07) is 6.13. The van der Waals surface area contributed by atoms with E-state index in [-0.39, 0.29) is 11.9 Å². The average Bonchev–Trinajstić information content (AvgIpc) is 2.62. The van der Waals surface area contributed by atoms with Crippen LogP contribution in [0.1, 0.15) is 36.0 Å². The Morgan fingerprint density at radius 2 is 1.92 bits per heavy atom. The largest absolute Gasteiger partial charge is 0.465 e. The minimum atomic E-state index is -0.850. The Bertz CT molecular complexity index is 632. The number of carbonyl (C=O) groups is 2. The lowest BCUT2D eigenvalue weighted by Gasteiger charge is -2.41. The van der Waals surface area contributed by atoms with Crippen molar-refractivity contribution in [3.8, 4) is 0 Å². The number of rotatable bonds is 3. The highest BCUT2D eigenvalue weighted by atomic mass is 19.1. The lowest BCUT2D eigenvalue weighted by molar-refractivity contribution is 0.0697. The molecule has 1 aromatic rings. The van der Waals surface area contributed by atoms with Crippen molar-refractivity contribution in [3.63, 3.8) is 0 Å². The van der Waals surface area contributed by atoms with Crippen molar-refractivity contribution >= 4 is 12.0 Å². The Labute approximate surface area is 146 Å². The average molecular weight is 349 g/mol. The normalized spacial score (nSPS) is 22.6. The maximum atomic E-state index is 13.3. The molecule has 1 aromatic carbocycles. The lowest BCUT2D eigenvalue weighted by Crippen LogP contribution is -2.53. The Kier molecular flexibility index (Phi) is 5.53. The van der Waals surface area contributed by atoms with E-state index < -0.39 is 11.9 Å².